The van der Waals surface area contributed by atoms with Crippen molar-refractivity contribution in [3.63, 3.8) is 0 Å². The Morgan fingerprint density at radius 2 is 1.78 bits per heavy atom. The summed E-state index contributed by atoms with van der Waals surface area (Å²) in [5.74, 6) is 0.517. The molecule has 2 rings (SSSR count). The van der Waals surface area contributed by atoms with Gasteiger partial charge in [0.05, 0.1) is 25.5 Å². The summed E-state index contributed by atoms with van der Waals surface area (Å²) in [5, 5.41) is 4.09. The summed E-state index contributed by atoms with van der Waals surface area (Å²) in [5.41, 5.74) is 13.0. The SMILES string of the molecule is COS(=O)(=O)[O-].C[n+]1ccc(Cn2ncc(N)c2N)cc1.Cl.Cl. The molecular formula is C11H19Cl2N5O4S. The summed E-state index contributed by atoms with van der Waals surface area (Å²) in [6.45, 7) is 0.643. The Morgan fingerprint density at radius 1 is 1.30 bits per heavy atom. The van der Waals surface area contributed by atoms with E-state index >= 15 is 0 Å². The molecular weight excluding hydrogens is 369 g/mol. The van der Waals surface area contributed by atoms with Gasteiger partial charge in [-0.3, -0.25) is 4.18 Å². The first-order chi connectivity index (χ1) is 9.73. The third-order valence-corrected chi connectivity index (χ3v) is 2.90. The van der Waals surface area contributed by atoms with Crippen molar-refractivity contribution < 1.29 is 21.7 Å². The predicted molar refractivity (Wildman–Crippen MR) is 89.0 cm³/mol. The molecule has 0 amide bonds. The van der Waals surface area contributed by atoms with Crippen LogP contribution in [-0.4, -0.2) is 29.9 Å². The van der Waals surface area contributed by atoms with Crippen molar-refractivity contribution in [2.75, 3.05) is 18.6 Å². The van der Waals surface area contributed by atoms with Crippen LogP contribution in [0.25, 0.3) is 0 Å². The lowest BCUT2D eigenvalue weighted by molar-refractivity contribution is -0.671. The minimum Gasteiger partial charge on any atom is -0.726 e. The third-order valence-electron chi connectivity index (χ3n) is 2.49. The third kappa shape index (κ3) is 8.57. The van der Waals surface area contributed by atoms with Crippen LogP contribution in [-0.2, 0) is 28.2 Å². The standard InChI is InChI=1S/C10H14N5.CH4O4S.2ClH/c1-14-4-2-8(3-5-14)7-15-10(12)9(11)6-13-15;1-5-6(2,3)4;;/h2-6H,7,11-12H2,1H3;1H3,(H,2,3,4);2*1H/q+1;;;/p-1. The molecule has 0 aliphatic heterocycles. The molecule has 4 N–H and O–H groups in total. The molecule has 0 aliphatic carbocycles. The molecule has 0 radical (unpaired) electrons. The van der Waals surface area contributed by atoms with Crippen LogP contribution in [0.2, 0.25) is 0 Å². The van der Waals surface area contributed by atoms with Gasteiger partial charge in [-0.25, -0.2) is 17.7 Å². The molecule has 2 aromatic heterocycles. The summed E-state index contributed by atoms with van der Waals surface area (Å²) in [7, 11) is -1.63. The topological polar surface area (TPSA) is 140 Å². The van der Waals surface area contributed by atoms with E-state index in [9.17, 15) is 13.0 Å². The van der Waals surface area contributed by atoms with Crippen LogP contribution in [0.4, 0.5) is 11.5 Å². The van der Waals surface area contributed by atoms with Gasteiger partial charge in [-0.05, 0) is 5.56 Å². The Kier molecular flexibility index (Phi) is 10.5. The lowest BCUT2D eigenvalue weighted by Crippen LogP contribution is -2.26. The van der Waals surface area contributed by atoms with Crippen LogP contribution in [0.5, 0.6) is 0 Å². The summed E-state index contributed by atoms with van der Waals surface area (Å²) in [6.07, 6.45) is 5.54. The number of nitrogen functional groups attached to an aromatic ring is 2. The maximum Gasteiger partial charge on any atom is 0.217 e. The number of aromatic nitrogens is 3. The van der Waals surface area contributed by atoms with Crippen LogP contribution < -0.4 is 16.0 Å². The lowest BCUT2D eigenvalue weighted by Gasteiger charge is -2.03. The zero-order valence-electron chi connectivity index (χ0n) is 12.4. The molecule has 0 saturated carbocycles. The minimum absolute atomic E-state index is 0. The van der Waals surface area contributed by atoms with Crippen molar-refractivity contribution in [3.8, 4) is 0 Å². The van der Waals surface area contributed by atoms with Crippen LogP contribution in [0.15, 0.2) is 30.7 Å². The number of hydrogen-bond donors (Lipinski definition) is 2. The van der Waals surface area contributed by atoms with E-state index in [0.717, 1.165) is 12.7 Å². The van der Waals surface area contributed by atoms with E-state index in [-0.39, 0.29) is 24.8 Å². The van der Waals surface area contributed by atoms with Crippen molar-refractivity contribution in [3.05, 3.63) is 36.3 Å². The average Bonchev–Trinajstić information content (AvgIpc) is 2.73. The zero-order chi connectivity index (χ0) is 16.0. The molecule has 2 aromatic rings. The van der Waals surface area contributed by atoms with E-state index in [2.05, 4.69) is 9.28 Å². The van der Waals surface area contributed by atoms with E-state index in [1.165, 1.54) is 0 Å². The molecule has 0 aromatic carbocycles. The maximum atomic E-state index is 9.22. The first-order valence-electron chi connectivity index (χ1n) is 5.75. The molecule has 0 unspecified atom stereocenters. The highest BCUT2D eigenvalue weighted by atomic mass is 35.5. The number of nitrogens with two attached hydrogens (primary N) is 2. The zero-order valence-corrected chi connectivity index (χ0v) is 14.9. The van der Waals surface area contributed by atoms with Crippen molar-refractivity contribution >= 4 is 46.7 Å². The van der Waals surface area contributed by atoms with Crippen molar-refractivity contribution in [1.82, 2.24) is 9.78 Å². The Morgan fingerprint density at radius 3 is 2.13 bits per heavy atom. The van der Waals surface area contributed by atoms with Crippen molar-refractivity contribution in [2.24, 2.45) is 7.05 Å². The predicted octanol–water partition coefficient (Wildman–Crippen LogP) is -0.143. The Bertz CT molecular complexity index is 691. The fraction of sp³-hybridized carbons (Fsp3) is 0.273. The number of halogens is 2. The van der Waals surface area contributed by atoms with Crippen LogP contribution in [0.1, 0.15) is 5.56 Å². The molecule has 0 saturated heterocycles. The second-order valence-electron chi connectivity index (χ2n) is 4.09. The van der Waals surface area contributed by atoms with E-state index < -0.39 is 10.4 Å². The minimum atomic E-state index is -4.41. The molecule has 132 valence electrons. The van der Waals surface area contributed by atoms with E-state index in [1.54, 1.807) is 10.9 Å². The van der Waals surface area contributed by atoms with E-state index in [4.69, 9.17) is 11.5 Å². The van der Waals surface area contributed by atoms with Crippen LogP contribution in [0.3, 0.4) is 0 Å². The fourth-order valence-electron chi connectivity index (χ4n) is 1.35. The molecule has 2 heterocycles. The number of nitrogens with zero attached hydrogens (tertiary/aromatic N) is 3. The highest BCUT2D eigenvalue weighted by molar-refractivity contribution is 7.80. The molecule has 0 atom stereocenters. The largest absolute Gasteiger partial charge is 0.726 e. The highest BCUT2D eigenvalue weighted by Crippen LogP contribution is 2.13. The molecule has 23 heavy (non-hydrogen) atoms. The number of hydrogen-bond acceptors (Lipinski definition) is 7. The average molecular weight is 388 g/mol. The van der Waals surface area contributed by atoms with Gasteiger partial charge in [-0.2, -0.15) is 5.10 Å². The highest BCUT2D eigenvalue weighted by Gasteiger charge is 2.04. The Labute approximate surface area is 147 Å². The number of pyridine rings is 1. The van der Waals surface area contributed by atoms with Gasteiger partial charge in [0.2, 0.25) is 10.4 Å². The first kappa shape index (κ1) is 23.7. The van der Waals surface area contributed by atoms with Crippen LogP contribution >= 0.6 is 24.8 Å². The molecule has 0 spiro atoms. The van der Waals surface area contributed by atoms with Gasteiger partial charge in [-0.15, -0.1) is 24.8 Å². The normalized spacial score (nSPS) is 9.87. The van der Waals surface area contributed by atoms with Crippen molar-refractivity contribution in [1.29, 1.82) is 0 Å². The van der Waals surface area contributed by atoms with Gasteiger partial charge in [0, 0.05) is 12.1 Å². The monoisotopic (exact) mass is 387 g/mol. The summed E-state index contributed by atoms with van der Waals surface area (Å²) in [4.78, 5) is 0. The molecule has 9 nitrogen and oxygen atoms in total. The van der Waals surface area contributed by atoms with Gasteiger partial charge in [-0.1, -0.05) is 0 Å². The second kappa shape index (κ2) is 10.2. The number of anilines is 2. The summed E-state index contributed by atoms with van der Waals surface area (Å²) >= 11 is 0. The maximum absolute atomic E-state index is 9.22. The number of aryl methyl sites for hydroxylation is 1. The van der Waals surface area contributed by atoms with Gasteiger partial charge in [0.15, 0.2) is 12.4 Å². The van der Waals surface area contributed by atoms with Gasteiger partial charge in [0.1, 0.15) is 12.9 Å². The van der Waals surface area contributed by atoms with Crippen molar-refractivity contribution in [2.45, 2.75) is 6.54 Å². The molecule has 0 fully saturated rings. The lowest BCUT2D eigenvalue weighted by atomic mass is 10.3. The second-order valence-corrected chi connectivity index (χ2v) is 5.24. The Hall–Kier alpha value is -1.59. The molecule has 12 heteroatoms. The quantitative estimate of drug-likeness (QED) is 0.423. The van der Waals surface area contributed by atoms with E-state index in [0.29, 0.717) is 18.1 Å². The summed E-state index contributed by atoms with van der Waals surface area (Å²) < 4.78 is 34.7. The fourth-order valence-corrected chi connectivity index (χ4v) is 1.35. The smallest absolute Gasteiger partial charge is 0.217 e. The number of rotatable bonds is 3. The van der Waals surface area contributed by atoms with Gasteiger partial charge < -0.3 is 16.0 Å². The summed E-state index contributed by atoms with van der Waals surface area (Å²) in [6, 6.07) is 4.05. The molecule has 0 aliphatic rings. The van der Waals surface area contributed by atoms with Gasteiger partial charge >= 0.3 is 0 Å². The van der Waals surface area contributed by atoms with Crippen LogP contribution in [0, 0.1) is 0 Å². The Balaban J connectivity index is 0. The molecule has 0 bridgehead atoms. The van der Waals surface area contributed by atoms with Gasteiger partial charge in [0.25, 0.3) is 0 Å². The van der Waals surface area contributed by atoms with E-state index in [1.807, 2.05) is 36.1 Å². The first-order valence-corrected chi connectivity index (χ1v) is 7.08.